The van der Waals surface area contributed by atoms with Gasteiger partial charge >= 0.3 is 12.4 Å². The van der Waals surface area contributed by atoms with Crippen LogP contribution >= 0.6 is 0 Å². The van der Waals surface area contributed by atoms with E-state index in [9.17, 15) is 26.3 Å². The SMILES string of the molecule is Cc1nn(C(C)c2ccc(C(F)(F)F)cc2C(F)(F)F)cc1C#C[Si](C)(C)C. The van der Waals surface area contributed by atoms with Crippen molar-refractivity contribution in [2.24, 2.45) is 0 Å². The van der Waals surface area contributed by atoms with E-state index >= 15 is 0 Å². The van der Waals surface area contributed by atoms with Gasteiger partial charge in [-0.15, -0.1) is 5.54 Å². The van der Waals surface area contributed by atoms with Gasteiger partial charge in [-0.1, -0.05) is 31.6 Å². The number of benzene rings is 1. The third-order valence-electron chi connectivity index (χ3n) is 4.02. The number of aryl methyl sites for hydroxylation is 1. The van der Waals surface area contributed by atoms with Gasteiger partial charge in [0, 0.05) is 6.20 Å². The number of alkyl halides is 6. The number of hydrogen-bond donors (Lipinski definition) is 0. The van der Waals surface area contributed by atoms with E-state index in [0.29, 0.717) is 17.3 Å². The Morgan fingerprint density at radius 3 is 2.14 bits per heavy atom. The van der Waals surface area contributed by atoms with Crippen LogP contribution in [0, 0.1) is 18.4 Å². The molecular weight excluding hydrogens is 398 g/mol. The van der Waals surface area contributed by atoms with E-state index in [0.717, 1.165) is 6.07 Å². The molecule has 9 heteroatoms. The lowest BCUT2D eigenvalue weighted by Gasteiger charge is -2.20. The van der Waals surface area contributed by atoms with Crippen LogP contribution in [0.25, 0.3) is 0 Å². The number of aromatic nitrogens is 2. The van der Waals surface area contributed by atoms with Crippen LogP contribution in [0.2, 0.25) is 19.6 Å². The minimum atomic E-state index is -4.92. The summed E-state index contributed by atoms with van der Waals surface area (Å²) in [4.78, 5) is 0. The van der Waals surface area contributed by atoms with E-state index in [2.05, 4.69) is 36.2 Å². The molecule has 2 nitrogen and oxygen atoms in total. The molecule has 1 aromatic heterocycles. The number of rotatable bonds is 2. The second kappa shape index (κ2) is 7.31. The highest BCUT2D eigenvalue weighted by molar-refractivity contribution is 6.83. The van der Waals surface area contributed by atoms with E-state index in [1.54, 1.807) is 6.92 Å². The van der Waals surface area contributed by atoms with Gasteiger partial charge in [0.15, 0.2) is 0 Å². The Balaban J connectivity index is 2.52. The average Bonchev–Trinajstić information content (AvgIpc) is 2.90. The molecule has 0 bridgehead atoms. The predicted octanol–water partition coefficient (Wildman–Crippen LogP) is 6.07. The molecule has 1 heterocycles. The first-order valence-corrected chi connectivity index (χ1v) is 12.0. The Hall–Kier alpha value is -2.21. The largest absolute Gasteiger partial charge is 0.416 e. The summed E-state index contributed by atoms with van der Waals surface area (Å²) < 4.78 is 80.1. The van der Waals surface area contributed by atoms with Gasteiger partial charge in [0.25, 0.3) is 0 Å². The standard InChI is InChI=1S/C19H20F6N2Si/c1-12-14(8-9-28(3,4)5)11-27(26-12)13(2)16-7-6-15(18(20,21)22)10-17(16)19(23,24)25/h6-7,10-11,13H,1-5H3. The smallest absolute Gasteiger partial charge is 0.264 e. The molecule has 0 aliphatic carbocycles. The molecule has 1 atom stereocenters. The minimum absolute atomic E-state index is 0.147. The van der Waals surface area contributed by atoms with Gasteiger partial charge < -0.3 is 0 Å². The first-order chi connectivity index (χ1) is 12.6. The highest BCUT2D eigenvalue weighted by Gasteiger charge is 2.39. The lowest BCUT2D eigenvalue weighted by Crippen LogP contribution is -2.17. The van der Waals surface area contributed by atoms with E-state index in [-0.39, 0.29) is 11.6 Å². The van der Waals surface area contributed by atoms with Gasteiger partial charge in [-0.25, -0.2) is 0 Å². The molecule has 0 saturated heterocycles. The van der Waals surface area contributed by atoms with Crippen LogP contribution in [0.4, 0.5) is 26.3 Å². The summed E-state index contributed by atoms with van der Waals surface area (Å²) in [5, 5.41) is 4.22. The molecular formula is C19H20F6N2Si. The van der Waals surface area contributed by atoms with Gasteiger partial charge in [0.1, 0.15) is 8.07 Å². The number of hydrogen-bond acceptors (Lipinski definition) is 1. The summed E-state index contributed by atoms with van der Waals surface area (Å²) in [6.07, 6.45) is -8.25. The molecule has 0 saturated carbocycles. The Bertz CT molecular complexity index is 923. The summed E-state index contributed by atoms with van der Waals surface area (Å²) in [6, 6.07) is 0.748. The van der Waals surface area contributed by atoms with Gasteiger partial charge in [-0.05, 0) is 31.5 Å². The normalized spacial score (nSPS) is 13.8. The molecule has 28 heavy (non-hydrogen) atoms. The zero-order valence-electron chi connectivity index (χ0n) is 16.0. The Morgan fingerprint density at radius 2 is 1.64 bits per heavy atom. The Kier molecular flexibility index (Phi) is 5.77. The lowest BCUT2D eigenvalue weighted by molar-refractivity contribution is -0.143. The summed E-state index contributed by atoms with van der Waals surface area (Å²) >= 11 is 0. The maximum absolute atomic E-state index is 13.4. The van der Waals surface area contributed by atoms with E-state index in [1.165, 1.54) is 17.8 Å². The van der Waals surface area contributed by atoms with Crippen LogP contribution < -0.4 is 0 Å². The molecule has 0 spiro atoms. The predicted molar refractivity (Wildman–Crippen MR) is 97.4 cm³/mol. The van der Waals surface area contributed by atoms with E-state index in [4.69, 9.17) is 0 Å². The fourth-order valence-corrected chi connectivity index (χ4v) is 3.05. The topological polar surface area (TPSA) is 17.8 Å². The van der Waals surface area contributed by atoms with Crippen LogP contribution in [-0.2, 0) is 12.4 Å². The van der Waals surface area contributed by atoms with Crippen LogP contribution in [0.3, 0.4) is 0 Å². The summed E-state index contributed by atoms with van der Waals surface area (Å²) in [5.41, 5.74) is 1.36. The maximum atomic E-state index is 13.4. The zero-order chi connectivity index (χ0) is 21.5. The molecule has 0 radical (unpaired) electrons. The second-order valence-corrected chi connectivity index (χ2v) is 12.3. The molecule has 0 fully saturated rings. The molecule has 2 rings (SSSR count). The number of halogens is 6. The van der Waals surface area contributed by atoms with Crippen molar-refractivity contribution in [3.05, 3.63) is 52.3 Å². The average molecular weight is 418 g/mol. The molecule has 0 amide bonds. The van der Waals surface area contributed by atoms with Crippen molar-refractivity contribution >= 4 is 8.07 Å². The highest BCUT2D eigenvalue weighted by Crippen LogP contribution is 2.39. The molecule has 0 N–H and O–H groups in total. The van der Waals surface area contributed by atoms with Crippen LogP contribution in [0.1, 0.15) is 40.9 Å². The Morgan fingerprint density at radius 1 is 1.04 bits per heavy atom. The fourth-order valence-electron chi connectivity index (χ4n) is 2.54. The van der Waals surface area contributed by atoms with Crippen molar-refractivity contribution in [3.63, 3.8) is 0 Å². The van der Waals surface area contributed by atoms with Crippen molar-refractivity contribution in [1.82, 2.24) is 9.78 Å². The van der Waals surface area contributed by atoms with Gasteiger partial charge in [-0.2, -0.15) is 31.4 Å². The fraction of sp³-hybridized carbons (Fsp3) is 0.421. The van der Waals surface area contributed by atoms with Crippen LogP contribution in [0.15, 0.2) is 24.4 Å². The minimum Gasteiger partial charge on any atom is -0.264 e. The lowest BCUT2D eigenvalue weighted by atomic mass is 9.98. The third-order valence-corrected chi connectivity index (χ3v) is 4.90. The van der Waals surface area contributed by atoms with E-state index in [1.807, 2.05) is 0 Å². The summed E-state index contributed by atoms with van der Waals surface area (Å²) in [7, 11) is -1.66. The maximum Gasteiger partial charge on any atom is 0.416 e. The van der Waals surface area contributed by atoms with Crippen molar-refractivity contribution < 1.29 is 26.3 Å². The van der Waals surface area contributed by atoms with Crippen LogP contribution in [-0.4, -0.2) is 17.9 Å². The van der Waals surface area contributed by atoms with Gasteiger partial charge in [0.05, 0.1) is 28.4 Å². The molecule has 1 aromatic carbocycles. The zero-order valence-corrected chi connectivity index (χ0v) is 17.0. The molecule has 2 aromatic rings. The molecule has 0 aliphatic rings. The second-order valence-electron chi connectivity index (χ2n) is 7.58. The van der Waals surface area contributed by atoms with Crippen LogP contribution in [0.5, 0.6) is 0 Å². The third kappa shape index (κ3) is 5.19. The first kappa shape index (κ1) is 22.1. The first-order valence-electron chi connectivity index (χ1n) is 8.47. The van der Waals surface area contributed by atoms with E-state index < -0.39 is 37.6 Å². The molecule has 152 valence electrons. The Labute approximate surface area is 160 Å². The van der Waals surface area contributed by atoms with Gasteiger partial charge in [-0.3, -0.25) is 4.68 Å². The highest BCUT2D eigenvalue weighted by atomic mass is 28.3. The van der Waals surface area contributed by atoms with Crippen molar-refractivity contribution in [2.75, 3.05) is 0 Å². The summed E-state index contributed by atoms with van der Waals surface area (Å²) in [6.45, 7) is 9.31. The number of nitrogens with zero attached hydrogens (tertiary/aromatic N) is 2. The summed E-state index contributed by atoms with van der Waals surface area (Å²) in [5.74, 6) is 3.01. The molecule has 1 unspecified atom stereocenters. The van der Waals surface area contributed by atoms with Crippen molar-refractivity contribution in [3.8, 4) is 11.5 Å². The quantitative estimate of drug-likeness (QED) is 0.329. The monoisotopic (exact) mass is 418 g/mol. The van der Waals surface area contributed by atoms with Crippen molar-refractivity contribution in [2.45, 2.75) is 51.9 Å². The van der Waals surface area contributed by atoms with Crippen molar-refractivity contribution in [1.29, 1.82) is 0 Å². The van der Waals surface area contributed by atoms with Gasteiger partial charge in [0.2, 0.25) is 0 Å². The molecule has 0 aliphatic heterocycles.